The Morgan fingerprint density at radius 2 is 1.97 bits per heavy atom. The van der Waals surface area contributed by atoms with E-state index in [1.807, 2.05) is 35.1 Å². The van der Waals surface area contributed by atoms with Gasteiger partial charge in [0.05, 0.1) is 16.9 Å². The molecule has 0 aliphatic carbocycles. The van der Waals surface area contributed by atoms with E-state index in [-0.39, 0.29) is 6.54 Å². The maximum absolute atomic E-state index is 12.8. The first kappa shape index (κ1) is 19.9. The number of aromatic nitrogens is 5. The number of rotatable bonds is 7. The van der Waals surface area contributed by atoms with Gasteiger partial charge in [0.1, 0.15) is 6.54 Å². The topological polar surface area (TPSA) is 114 Å². The number of thioether (sulfide) groups is 1. The zero-order valence-electron chi connectivity index (χ0n) is 16.2. The quantitative estimate of drug-likeness (QED) is 0.463. The van der Waals surface area contributed by atoms with Crippen LogP contribution in [0.2, 0.25) is 0 Å². The van der Waals surface area contributed by atoms with E-state index >= 15 is 0 Å². The van der Waals surface area contributed by atoms with Gasteiger partial charge in [-0.3, -0.25) is 18.6 Å². The van der Waals surface area contributed by atoms with E-state index in [4.69, 9.17) is 0 Å². The zero-order chi connectivity index (χ0) is 21.1. The Kier molecular flexibility index (Phi) is 5.66. The van der Waals surface area contributed by atoms with Crippen LogP contribution >= 0.6 is 11.8 Å². The van der Waals surface area contributed by atoms with Crippen molar-refractivity contribution in [1.82, 2.24) is 29.5 Å². The minimum atomic E-state index is -0.623. The van der Waals surface area contributed by atoms with Crippen molar-refractivity contribution in [3.63, 3.8) is 0 Å². The summed E-state index contributed by atoms with van der Waals surface area (Å²) in [7, 11) is 0. The Labute approximate surface area is 175 Å². The van der Waals surface area contributed by atoms with Gasteiger partial charge in [-0.25, -0.2) is 4.79 Å². The number of aromatic amines is 1. The normalized spacial score (nSPS) is 12.3. The average Bonchev–Trinajstić information content (AvgIpc) is 3.18. The van der Waals surface area contributed by atoms with Crippen LogP contribution in [0.4, 0.5) is 0 Å². The Hall–Kier alpha value is -3.40. The van der Waals surface area contributed by atoms with Crippen LogP contribution in [-0.2, 0) is 11.3 Å². The highest BCUT2D eigenvalue weighted by molar-refractivity contribution is 7.98. The van der Waals surface area contributed by atoms with Crippen LogP contribution < -0.4 is 16.6 Å². The highest BCUT2D eigenvalue weighted by Gasteiger charge is 2.21. The van der Waals surface area contributed by atoms with Crippen LogP contribution in [0.1, 0.15) is 18.3 Å². The third-order valence-corrected chi connectivity index (χ3v) is 5.43. The maximum atomic E-state index is 12.8. The molecule has 0 saturated heterocycles. The van der Waals surface area contributed by atoms with Crippen LogP contribution in [0.25, 0.3) is 16.6 Å². The number of hydrogen-bond acceptors (Lipinski definition) is 6. The molecule has 0 saturated carbocycles. The van der Waals surface area contributed by atoms with E-state index < -0.39 is 23.2 Å². The number of pyridine rings is 1. The number of nitrogens with zero attached hydrogens (tertiary/aromatic N) is 4. The van der Waals surface area contributed by atoms with Crippen molar-refractivity contribution in [2.45, 2.75) is 19.0 Å². The van der Waals surface area contributed by atoms with Gasteiger partial charge in [0.2, 0.25) is 5.91 Å². The summed E-state index contributed by atoms with van der Waals surface area (Å²) in [6, 6.07) is 11.9. The van der Waals surface area contributed by atoms with Gasteiger partial charge >= 0.3 is 5.69 Å². The van der Waals surface area contributed by atoms with Gasteiger partial charge < -0.3 is 10.3 Å². The van der Waals surface area contributed by atoms with Gasteiger partial charge in [0.25, 0.3) is 5.56 Å². The molecule has 4 rings (SSSR count). The van der Waals surface area contributed by atoms with E-state index in [9.17, 15) is 14.4 Å². The van der Waals surface area contributed by atoms with Gasteiger partial charge in [0, 0.05) is 6.20 Å². The lowest BCUT2D eigenvalue weighted by molar-refractivity contribution is -0.122. The van der Waals surface area contributed by atoms with Crippen LogP contribution in [0.15, 0.2) is 58.3 Å². The fraction of sp³-hybridized carbons (Fsp3) is 0.250. The van der Waals surface area contributed by atoms with Crippen LogP contribution in [0.5, 0.6) is 0 Å². The molecule has 0 fully saturated rings. The summed E-state index contributed by atoms with van der Waals surface area (Å²) < 4.78 is 2.73. The van der Waals surface area contributed by atoms with Crippen molar-refractivity contribution >= 4 is 34.2 Å². The van der Waals surface area contributed by atoms with Crippen molar-refractivity contribution in [2.75, 3.05) is 12.0 Å². The summed E-state index contributed by atoms with van der Waals surface area (Å²) in [5.41, 5.74) is -0.00411. The van der Waals surface area contributed by atoms with Crippen molar-refractivity contribution in [2.24, 2.45) is 0 Å². The standard InChI is InChI=1S/C20H20N6O3S/c1-30-11-9-15(18-24-23-16-8-4-5-10-25(16)18)21-17(27)12-26-19(28)13-6-2-3-7-14(13)22-20(26)29/h2-8,10,15H,9,11-12H2,1H3,(H,21,27)(H,22,29). The molecule has 1 aromatic carbocycles. The lowest BCUT2D eigenvalue weighted by Gasteiger charge is -2.17. The third-order valence-electron chi connectivity index (χ3n) is 4.79. The molecule has 0 aliphatic heterocycles. The molecule has 9 nitrogen and oxygen atoms in total. The Balaban J connectivity index is 1.62. The van der Waals surface area contributed by atoms with E-state index in [1.54, 1.807) is 36.0 Å². The number of H-pyrrole nitrogens is 1. The summed E-state index contributed by atoms with van der Waals surface area (Å²) in [5, 5.41) is 11.6. The Morgan fingerprint density at radius 1 is 1.17 bits per heavy atom. The highest BCUT2D eigenvalue weighted by atomic mass is 32.2. The molecule has 1 unspecified atom stereocenters. The smallest absolute Gasteiger partial charge is 0.329 e. The minimum absolute atomic E-state index is 0.354. The van der Waals surface area contributed by atoms with Crippen molar-refractivity contribution in [1.29, 1.82) is 0 Å². The van der Waals surface area contributed by atoms with Gasteiger partial charge in [-0.15, -0.1) is 10.2 Å². The van der Waals surface area contributed by atoms with E-state index in [1.165, 1.54) is 0 Å². The summed E-state index contributed by atoms with van der Waals surface area (Å²) >= 11 is 1.65. The van der Waals surface area contributed by atoms with Gasteiger partial charge in [-0.2, -0.15) is 11.8 Å². The second kappa shape index (κ2) is 8.54. The third kappa shape index (κ3) is 3.86. The Bertz CT molecular complexity index is 1330. The molecule has 0 aliphatic rings. The summed E-state index contributed by atoms with van der Waals surface area (Å²) in [6.45, 7) is -0.383. The van der Waals surface area contributed by atoms with Crippen LogP contribution in [-0.4, -0.2) is 42.1 Å². The number of amides is 1. The number of nitrogens with one attached hydrogen (secondary N) is 2. The fourth-order valence-corrected chi connectivity index (χ4v) is 3.80. The maximum Gasteiger partial charge on any atom is 0.329 e. The molecular weight excluding hydrogens is 404 g/mol. The summed E-state index contributed by atoms with van der Waals surface area (Å²) in [5.74, 6) is 0.952. The minimum Gasteiger partial charge on any atom is -0.344 e. The molecule has 0 bridgehead atoms. The average molecular weight is 424 g/mol. The highest BCUT2D eigenvalue weighted by Crippen LogP contribution is 2.18. The second-order valence-corrected chi connectivity index (χ2v) is 7.74. The molecule has 3 aromatic heterocycles. The van der Waals surface area contributed by atoms with E-state index in [0.717, 1.165) is 10.3 Å². The van der Waals surface area contributed by atoms with Crippen molar-refractivity contribution in [3.05, 3.63) is 75.3 Å². The predicted molar refractivity (Wildman–Crippen MR) is 116 cm³/mol. The number of fused-ring (bicyclic) bond motifs is 2. The lowest BCUT2D eigenvalue weighted by Crippen LogP contribution is -2.41. The predicted octanol–water partition coefficient (Wildman–Crippen LogP) is 1.34. The largest absolute Gasteiger partial charge is 0.344 e. The van der Waals surface area contributed by atoms with Gasteiger partial charge in [-0.05, 0) is 42.7 Å². The summed E-state index contributed by atoms with van der Waals surface area (Å²) in [6.07, 6.45) is 4.45. The van der Waals surface area contributed by atoms with Crippen LogP contribution in [0, 0.1) is 0 Å². The monoisotopic (exact) mass is 424 g/mol. The van der Waals surface area contributed by atoms with Gasteiger partial charge in [0.15, 0.2) is 11.5 Å². The Morgan fingerprint density at radius 3 is 2.80 bits per heavy atom. The first-order valence-corrected chi connectivity index (χ1v) is 10.8. The number of benzene rings is 1. The second-order valence-electron chi connectivity index (χ2n) is 6.76. The molecule has 2 N–H and O–H groups in total. The molecule has 0 spiro atoms. The molecular formula is C20H20N6O3S. The molecule has 154 valence electrons. The number of para-hydroxylation sites is 1. The molecule has 4 aromatic rings. The molecule has 10 heteroatoms. The van der Waals surface area contributed by atoms with Gasteiger partial charge in [-0.1, -0.05) is 18.2 Å². The zero-order valence-corrected chi connectivity index (χ0v) is 17.1. The van der Waals surface area contributed by atoms with E-state index in [2.05, 4.69) is 20.5 Å². The molecule has 3 heterocycles. The van der Waals surface area contributed by atoms with Crippen molar-refractivity contribution < 1.29 is 4.79 Å². The van der Waals surface area contributed by atoms with Crippen LogP contribution in [0.3, 0.4) is 0 Å². The SMILES string of the molecule is CSCCC(NC(=O)Cn1c(=O)[nH]c2ccccc2c1=O)c1nnc2ccccn12. The lowest BCUT2D eigenvalue weighted by atomic mass is 10.2. The molecule has 1 amide bonds. The first-order valence-electron chi connectivity index (χ1n) is 9.38. The molecule has 30 heavy (non-hydrogen) atoms. The van der Waals surface area contributed by atoms with Crippen molar-refractivity contribution in [3.8, 4) is 0 Å². The first-order chi connectivity index (χ1) is 14.6. The molecule has 0 radical (unpaired) electrons. The van der Waals surface area contributed by atoms with E-state index in [0.29, 0.717) is 28.8 Å². The number of carbonyl (C=O) groups is 1. The number of hydrogen-bond donors (Lipinski definition) is 2. The fourth-order valence-electron chi connectivity index (χ4n) is 3.33. The molecule has 1 atom stereocenters. The summed E-state index contributed by atoms with van der Waals surface area (Å²) in [4.78, 5) is 40.4. The number of carbonyl (C=O) groups excluding carboxylic acids is 1.